The van der Waals surface area contributed by atoms with Crippen molar-refractivity contribution in [3.05, 3.63) is 71.9 Å². The van der Waals surface area contributed by atoms with E-state index in [1.807, 2.05) is 30.3 Å². The van der Waals surface area contributed by atoms with Gasteiger partial charge in [-0.2, -0.15) is 5.26 Å². The quantitative estimate of drug-likeness (QED) is 0.540. The van der Waals surface area contributed by atoms with Crippen LogP contribution >= 0.6 is 0 Å². The van der Waals surface area contributed by atoms with Crippen LogP contribution in [0.1, 0.15) is 42.2 Å². The Morgan fingerprint density at radius 1 is 1.03 bits per heavy atom. The highest BCUT2D eigenvalue weighted by molar-refractivity contribution is 6.04. The summed E-state index contributed by atoms with van der Waals surface area (Å²) in [4.78, 5) is 21.9. The number of hydrogen-bond donors (Lipinski definition) is 2. The summed E-state index contributed by atoms with van der Waals surface area (Å²) in [6.07, 6.45) is 3.28. The molecule has 6 heteroatoms. The maximum atomic E-state index is 12.9. The molecule has 0 saturated heterocycles. The van der Waals surface area contributed by atoms with E-state index >= 15 is 0 Å². The zero-order valence-electron chi connectivity index (χ0n) is 16.4. The van der Waals surface area contributed by atoms with Crippen molar-refractivity contribution in [2.45, 2.75) is 26.2 Å². The Morgan fingerprint density at radius 3 is 2.55 bits per heavy atom. The molecule has 0 atom stereocenters. The van der Waals surface area contributed by atoms with Crippen LogP contribution in [0.25, 0.3) is 11.4 Å². The van der Waals surface area contributed by atoms with E-state index in [-0.39, 0.29) is 11.6 Å². The third-order valence-electron chi connectivity index (χ3n) is 4.37. The number of rotatable bonds is 8. The van der Waals surface area contributed by atoms with Gasteiger partial charge in [-0.1, -0.05) is 62.2 Å². The number of amides is 1. The largest absolute Gasteiger partial charge is 0.370 e. The molecule has 0 saturated carbocycles. The summed E-state index contributed by atoms with van der Waals surface area (Å²) in [7, 11) is 0. The minimum atomic E-state index is -0.385. The molecule has 0 unspecified atom stereocenters. The monoisotopic (exact) mass is 385 g/mol. The van der Waals surface area contributed by atoms with Crippen LogP contribution in [0, 0.1) is 11.3 Å². The first-order valence-corrected chi connectivity index (χ1v) is 9.70. The molecule has 0 bridgehead atoms. The zero-order chi connectivity index (χ0) is 20.5. The summed E-state index contributed by atoms with van der Waals surface area (Å²) in [5.41, 5.74) is 1.93. The molecule has 6 nitrogen and oxygen atoms in total. The van der Waals surface area contributed by atoms with Crippen LogP contribution in [0.3, 0.4) is 0 Å². The SMILES string of the molecule is CCCCCNc1cc(C(=O)Nc2ccccc2C#N)nc(-c2ccccc2)n1. The molecule has 3 aromatic rings. The Kier molecular flexibility index (Phi) is 6.90. The fraction of sp³-hybridized carbons (Fsp3) is 0.217. The number of hydrogen-bond acceptors (Lipinski definition) is 5. The Hall–Kier alpha value is -3.72. The molecule has 0 spiro atoms. The maximum Gasteiger partial charge on any atom is 0.274 e. The first-order chi connectivity index (χ1) is 14.2. The van der Waals surface area contributed by atoms with Gasteiger partial charge in [-0.3, -0.25) is 4.79 Å². The second-order valence-electron chi connectivity index (χ2n) is 6.57. The van der Waals surface area contributed by atoms with Gasteiger partial charge in [0, 0.05) is 18.2 Å². The number of carbonyl (C=O) groups is 1. The molecule has 1 amide bonds. The van der Waals surface area contributed by atoms with E-state index in [4.69, 9.17) is 0 Å². The highest BCUT2D eigenvalue weighted by Crippen LogP contribution is 2.20. The number of para-hydroxylation sites is 1. The van der Waals surface area contributed by atoms with E-state index in [1.54, 1.807) is 30.3 Å². The lowest BCUT2D eigenvalue weighted by Crippen LogP contribution is -2.16. The van der Waals surface area contributed by atoms with E-state index in [2.05, 4.69) is 33.6 Å². The minimum absolute atomic E-state index is 0.240. The summed E-state index contributed by atoms with van der Waals surface area (Å²) < 4.78 is 0. The second-order valence-corrected chi connectivity index (χ2v) is 6.57. The van der Waals surface area contributed by atoms with E-state index < -0.39 is 0 Å². The summed E-state index contributed by atoms with van der Waals surface area (Å²) in [6, 6.07) is 20.1. The van der Waals surface area contributed by atoms with Crippen LogP contribution in [0.5, 0.6) is 0 Å². The molecule has 1 aromatic heterocycles. The molecule has 0 aliphatic carbocycles. The lowest BCUT2D eigenvalue weighted by Gasteiger charge is -2.11. The summed E-state index contributed by atoms with van der Waals surface area (Å²) in [5, 5.41) is 15.3. The predicted octanol–water partition coefficient (Wildman–Crippen LogP) is 4.87. The van der Waals surface area contributed by atoms with Gasteiger partial charge in [-0.05, 0) is 18.6 Å². The van der Waals surface area contributed by atoms with Crippen molar-refractivity contribution in [3.8, 4) is 17.5 Å². The van der Waals surface area contributed by atoms with Crippen molar-refractivity contribution >= 4 is 17.4 Å². The molecule has 0 radical (unpaired) electrons. The van der Waals surface area contributed by atoms with Gasteiger partial charge in [0.05, 0.1) is 11.3 Å². The Labute approximate surface area is 170 Å². The Morgan fingerprint density at radius 2 is 1.79 bits per heavy atom. The van der Waals surface area contributed by atoms with Crippen LogP contribution in [0.2, 0.25) is 0 Å². The van der Waals surface area contributed by atoms with Gasteiger partial charge >= 0.3 is 0 Å². The molecule has 0 aliphatic rings. The molecule has 1 heterocycles. The average molecular weight is 385 g/mol. The molecule has 2 aromatic carbocycles. The van der Waals surface area contributed by atoms with Crippen LogP contribution in [0.4, 0.5) is 11.5 Å². The molecule has 146 valence electrons. The first kappa shape index (κ1) is 20.0. The van der Waals surface area contributed by atoms with E-state index in [0.717, 1.165) is 31.4 Å². The summed E-state index contributed by atoms with van der Waals surface area (Å²) >= 11 is 0. The number of nitrogens with zero attached hydrogens (tertiary/aromatic N) is 3. The third kappa shape index (κ3) is 5.39. The summed E-state index contributed by atoms with van der Waals surface area (Å²) in [6.45, 7) is 2.93. The topological polar surface area (TPSA) is 90.7 Å². The van der Waals surface area contributed by atoms with Gasteiger partial charge in [0.1, 0.15) is 17.6 Å². The van der Waals surface area contributed by atoms with Crippen molar-refractivity contribution in [2.24, 2.45) is 0 Å². The predicted molar refractivity (Wildman–Crippen MR) is 115 cm³/mol. The number of nitriles is 1. The zero-order valence-corrected chi connectivity index (χ0v) is 16.4. The van der Waals surface area contributed by atoms with Gasteiger partial charge in [0.25, 0.3) is 5.91 Å². The number of carbonyl (C=O) groups excluding carboxylic acids is 1. The smallest absolute Gasteiger partial charge is 0.274 e. The number of anilines is 2. The Balaban J connectivity index is 1.89. The van der Waals surface area contributed by atoms with Gasteiger partial charge in [0.2, 0.25) is 0 Å². The van der Waals surface area contributed by atoms with Crippen molar-refractivity contribution in [3.63, 3.8) is 0 Å². The second kappa shape index (κ2) is 10.00. The number of nitrogens with one attached hydrogen (secondary N) is 2. The highest BCUT2D eigenvalue weighted by Gasteiger charge is 2.14. The lowest BCUT2D eigenvalue weighted by molar-refractivity contribution is 0.102. The van der Waals surface area contributed by atoms with Crippen molar-refractivity contribution in [1.29, 1.82) is 5.26 Å². The number of unbranched alkanes of at least 4 members (excludes halogenated alkanes) is 2. The molecular formula is C23H23N5O. The van der Waals surface area contributed by atoms with Crippen LogP contribution in [0.15, 0.2) is 60.7 Å². The molecule has 3 rings (SSSR count). The van der Waals surface area contributed by atoms with Crippen LogP contribution in [-0.4, -0.2) is 22.4 Å². The maximum absolute atomic E-state index is 12.9. The molecule has 29 heavy (non-hydrogen) atoms. The average Bonchev–Trinajstić information content (AvgIpc) is 2.77. The first-order valence-electron chi connectivity index (χ1n) is 9.70. The molecule has 0 fully saturated rings. The van der Waals surface area contributed by atoms with Crippen LogP contribution in [-0.2, 0) is 0 Å². The molecular weight excluding hydrogens is 362 g/mol. The van der Waals surface area contributed by atoms with Crippen molar-refractivity contribution in [1.82, 2.24) is 9.97 Å². The standard InChI is InChI=1S/C23H23N5O/c1-2-3-9-14-25-21-15-20(26-22(28-21)17-10-5-4-6-11-17)23(29)27-19-13-8-7-12-18(19)16-24/h4-8,10-13,15H,2-3,9,14H2,1H3,(H,27,29)(H,25,26,28). The van der Waals surface area contributed by atoms with E-state index in [9.17, 15) is 10.1 Å². The minimum Gasteiger partial charge on any atom is -0.370 e. The third-order valence-corrected chi connectivity index (χ3v) is 4.37. The number of benzene rings is 2. The molecule has 2 N–H and O–H groups in total. The van der Waals surface area contributed by atoms with Gasteiger partial charge < -0.3 is 10.6 Å². The van der Waals surface area contributed by atoms with Gasteiger partial charge in [0.15, 0.2) is 5.82 Å². The van der Waals surface area contributed by atoms with Crippen molar-refractivity contribution < 1.29 is 4.79 Å². The fourth-order valence-electron chi connectivity index (χ4n) is 2.84. The van der Waals surface area contributed by atoms with Gasteiger partial charge in [-0.25, -0.2) is 9.97 Å². The lowest BCUT2D eigenvalue weighted by atomic mass is 10.2. The van der Waals surface area contributed by atoms with Crippen LogP contribution < -0.4 is 10.6 Å². The van der Waals surface area contributed by atoms with Crippen molar-refractivity contribution in [2.75, 3.05) is 17.2 Å². The number of aromatic nitrogens is 2. The Bertz CT molecular complexity index is 1010. The molecule has 0 aliphatic heterocycles. The van der Waals surface area contributed by atoms with E-state index in [1.165, 1.54) is 0 Å². The normalized spacial score (nSPS) is 10.2. The highest BCUT2D eigenvalue weighted by atomic mass is 16.1. The van der Waals surface area contributed by atoms with E-state index in [0.29, 0.717) is 22.9 Å². The van der Waals surface area contributed by atoms with Gasteiger partial charge in [-0.15, -0.1) is 0 Å². The fourth-order valence-corrected chi connectivity index (χ4v) is 2.84. The summed E-state index contributed by atoms with van der Waals surface area (Å²) in [5.74, 6) is 0.697.